The maximum atomic E-state index is 11.0. The van der Waals surface area contributed by atoms with Gasteiger partial charge in [0.05, 0.1) is 12.0 Å². The molecule has 0 radical (unpaired) electrons. The van der Waals surface area contributed by atoms with E-state index in [1.165, 1.54) is 0 Å². The molecule has 0 unspecified atom stereocenters. The highest BCUT2D eigenvalue weighted by molar-refractivity contribution is 5.82. The molecule has 0 N–H and O–H groups in total. The Hall–Kier alpha value is -2.69. The molecule has 0 amide bonds. The number of para-hydroxylation sites is 1. The van der Waals surface area contributed by atoms with Gasteiger partial charge in [0.1, 0.15) is 5.69 Å². The normalized spacial score (nSPS) is 10.4. The van der Waals surface area contributed by atoms with Gasteiger partial charge in [-0.15, -0.1) is 5.10 Å². The van der Waals surface area contributed by atoms with Gasteiger partial charge in [-0.05, 0) is 24.3 Å². The van der Waals surface area contributed by atoms with E-state index >= 15 is 0 Å². The van der Waals surface area contributed by atoms with E-state index in [9.17, 15) is 4.79 Å². The molecule has 0 saturated heterocycles. The molecule has 3 aromatic rings. The van der Waals surface area contributed by atoms with E-state index in [4.69, 9.17) is 4.42 Å². The molecule has 2 aromatic heterocycles. The van der Waals surface area contributed by atoms with E-state index < -0.39 is 0 Å². The smallest absolute Gasteiger partial charge is 0.172 e. The van der Waals surface area contributed by atoms with E-state index in [0.29, 0.717) is 17.7 Å². The maximum absolute atomic E-state index is 11.0. The lowest BCUT2D eigenvalue weighted by molar-refractivity contribution is 0.111. The largest absolute Gasteiger partial charge is 0.463 e. The standard InChI is InChI=1S/C13H9N3O2/c17-9-11-13(12-7-4-8-18-12)16(15-14-11)10-5-2-1-3-6-10/h1-9H. The molecule has 5 nitrogen and oxygen atoms in total. The minimum atomic E-state index is 0.258. The van der Waals surface area contributed by atoms with Gasteiger partial charge in [-0.1, -0.05) is 23.4 Å². The van der Waals surface area contributed by atoms with E-state index in [0.717, 1.165) is 5.69 Å². The summed E-state index contributed by atoms with van der Waals surface area (Å²) in [5.41, 5.74) is 1.64. The fourth-order valence-electron chi connectivity index (χ4n) is 1.77. The Kier molecular flexibility index (Phi) is 2.49. The molecule has 88 valence electrons. The number of benzene rings is 1. The summed E-state index contributed by atoms with van der Waals surface area (Å²) < 4.78 is 6.91. The topological polar surface area (TPSA) is 60.9 Å². The Balaban J connectivity index is 2.23. The lowest BCUT2D eigenvalue weighted by Gasteiger charge is -2.03. The minimum absolute atomic E-state index is 0.258. The van der Waals surface area contributed by atoms with E-state index in [1.807, 2.05) is 30.3 Å². The second-order valence-electron chi connectivity index (χ2n) is 3.67. The van der Waals surface area contributed by atoms with Crippen molar-refractivity contribution in [2.75, 3.05) is 0 Å². The van der Waals surface area contributed by atoms with Gasteiger partial charge in [-0.25, -0.2) is 4.68 Å². The fourth-order valence-corrected chi connectivity index (χ4v) is 1.77. The Morgan fingerprint density at radius 1 is 1.11 bits per heavy atom. The second kappa shape index (κ2) is 4.29. The van der Waals surface area contributed by atoms with Crippen LogP contribution in [0.2, 0.25) is 0 Å². The molecule has 0 fully saturated rings. The lowest BCUT2D eigenvalue weighted by atomic mass is 10.2. The van der Waals surface area contributed by atoms with Gasteiger partial charge in [0.15, 0.2) is 17.7 Å². The van der Waals surface area contributed by atoms with Crippen LogP contribution < -0.4 is 0 Å². The number of aromatic nitrogens is 3. The lowest BCUT2D eigenvalue weighted by Crippen LogP contribution is -1.99. The summed E-state index contributed by atoms with van der Waals surface area (Å²) >= 11 is 0. The van der Waals surface area contributed by atoms with Crippen molar-refractivity contribution in [1.29, 1.82) is 0 Å². The quantitative estimate of drug-likeness (QED) is 0.658. The highest BCUT2D eigenvalue weighted by Gasteiger charge is 2.17. The zero-order chi connectivity index (χ0) is 12.4. The first-order chi connectivity index (χ1) is 8.90. The van der Waals surface area contributed by atoms with Crippen LogP contribution in [0.3, 0.4) is 0 Å². The van der Waals surface area contributed by atoms with Crippen molar-refractivity contribution in [2.24, 2.45) is 0 Å². The average molecular weight is 239 g/mol. The van der Waals surface area contributed by atoms with Crippen molar-refractivity contribution in [1.82, 2.24) is 15.0 Å². The van der Waals surface area contributed by atoms with Crippen LogP contribution in [0.15, 0.2) is 53.1 Å². The third-order valence-electron chi connectivity index (χ3n) is 2.56. The molecule has 0 aliphatic heterocycles. The Morgan fingerprint density at radius 2 is 1.94 bits per heavy atom. The number of carbonyl (C=O) groups excluding carboxylic acids is 1. The van der Waals surface area contributed by atoms with Crippen molar-refractivity contribution in [3.8, 4) is 17.1 Å². The van der Waals surface area contributed by atoms with Gasteiger partial charge >= 0.3 is 0 Å². The van der Waals surface area contributed by atoms with Gasteiger partial charge in [0, 0.05) is 0 Å². The molecule has 0 bridgehead atoms. The summed E-state index contributed by atoms with van der Waals surface area (Å²) in [4.78, 5) is 11.0. The SMILES string of the molecule is O=Cc1nnn(-c2ccccc2)c1-c1ccco1. The first kappa shape index (κ1) is 10.5. The number of nitrogens with zero attached hydrogens (tertiary/aromatic N) is 3. The fraction of sp³-hybridized carbons (Fsp3) is 0. The monoisotopic (exact) mass is 239 g/mol. The summed E-state index contributed by atoms with van der Waals surface area (Å²) in [6.07, 6.45) is 2.22. The molecule has 2 heterocycles. The molecule has 18 heavy (non-hydrogen) atoms. The molecule has 1 aromatic carbocycles. The molecule has 3 rings (SSSR count). The summed E-state index contributed by atoms with van der Waals surface area (Å²) in [6, 6.07) is 13.0. The third-order valence-corrected chi connectivity index (χ3v) is 2.56. The zero-order valence-electron chi connectivity index (χ0n) is 9.35. The number of furan rings is 1. The molecule has 0 aliphatic carbocycles. The molecule has 0 saturated carbocycles. The van der Waals surface area contributed by atoms with Crippen LogP contribution in [0, 0.1) is 0 Å². The van der Waals surface area contributed by atoms with Gasteiger partial charge < -0.3 is 4.42 Å². The predicted octanol–water partition coefficient (Wildman–Crippen LogP) is 2.34. The van der Waals surface area contributed by atoms with Gasteiger partial charge in [0.2, 0.25) is 0 Å². The molecule has 5 heteroatoms. The molecule has 0 atom stereocenters. The molecule has 0 aliphatic rings. The summed E-state index contributed by atoms with van der Waals surface area (Å²) in [5.74, 6) is 0.561. The Morgan fingerprint density at radius 3 is 2.61 bits per heavy atom. The zero-order valence-corrected chi connectivity index (χ0v) is 9.35. The summed E-state index contributed by atoms with van der Waals surface area (Å²) in [5, 5.41) is 7.84. The van der Waals surface area contributed by atoms with Crippen molar-refractivity contribution in [3.05, 3.63) is 54.4 Å². The van der Waals surface area contributed by atoms with Crippen LogP contribution in [0.1, 0.15) is 10.5 Å². The summed E-state index contributed by atoms with van der Waals surface area (Å²) in [7, 11) is 0. The highest BCUT2D eigenvalue weighted by Crippen LogP contribution is 2.24. The first-order valence-electron chi connectivity index (χ1n) is 5.40. The number of rotatable bonds is 3. The van der Waals surface area contributed by atoms with Crippen LogP contribution in [0.25, 0.3) is 17.1 Å². The van der Waals surface area contributed by atoms with Gasteiger partial charge in [0.25, 0.3) is 0 Å². The van der Waals surface area contributed by atoms with Crippen molar-refractivity contribution >= 4 is 6.29 Å². The maximum Gasteiger partial charge on any atom is 0.172 e. The van der Waals surface area contributed by atoms with Crippen LogP contribution in [0.5, 0.6) is 0 Å². The number of carbonyl (C=O) groups is 1. The van der Waals surface area contributed by atoms with Crippen LogP contribution in [-0.2, 0) is 0 Å². The highest BCUT2D eigenvalue weighted by atomic mass is 16.3. The van der Waals surface area contributed by atoms with E-state index in [1.54, 1.807) is 23.1 Å². The predicted molar refractivity (Wildman–Crippen MR) is 64.4 cm³/mol. The molecular formula is C13H9N3O2. The van der Waals surface area contributed by atoms with Crippen LogP contribution in [0.4, 0.5) is 0 Å². The Labute approximate surface area is 103 Å². The second-order valence-corrected chi connectivity index (χ2v) is 3.67. The number of hydrogen-bond acceptors (Lipinski definition) is 4. The van der Waals surface area contributed by atoms with Gasteiger partial charge in [-0.3, -0.25) is 4.79 Å². The molecular weight excluding hydrogens is 230 g/mol. The van der Waals surface area contributed by atoms with Crippen LogP contribution >= 0.6 is 0 Å². The van der Waals surface area contributed by atoms with Gasteiger partial charge in [-0.2, -0.15) is 0 Å². The first-order valence-corrected chi connectivity index (χ1v) is 5.40. The van der Waals surface area contributed by atoms with E-state index in [2.05, 4.69) is 10.3 Å². The summed E-state index contributed by atoms with van der Waals surface area (Å²) in [6.45, 7) is 0. The number of hydrogen-bond donors (Lipinski definition) is 0. The van der Waals surface area contributed by atoms with Crippen molar-refractivity contribution < 1.29 is 9.21 Å². The van der Waals surface area contributed by atoms with Crippen molar-refractivity contribution in [2.45, 2.75) is 0 Å². The van der Waals surface area contributed by atoms with Crippen molar-refractivity contribution in [3.63, 3.8) is 0 Å². The average Bonchev–Trinajstić information content (AvgIpc) is 3.08. The Bertz CT molecular complexity index is 657. The molecule has 0 spiro atoms. The van der Waals surface area contributed by atoms with E-state index in [-0.39, 0.29) is 5.69 Å². The minimum Gasteiger partial charge on any atom is -0.463 e. The number of aldehydes is 1. The third kappa shape index (κ3) is 1.62. The van der Waals surface area contributed by atoms with Crippen LogP contribution in [-0.4, -0.2) is 21.3 Å².